The predicted molar refractivity (Wildman–Crippen MR) is 101 cm³/mol. The summed E-state index contributed by atoms with van der Waals surface area (Å²) in [5, 5.41) is 7.51. The molecule has 2 amide bonds. The molecule has 1 aromatic heterocycles. The fraction of sp³-hybridized carbons (Fsp3) is 0.105. The zero-order valence-electron chi connectivity index (χ0n) is 14.2. The van der Waals surface area contributed by atoms with Crippen LogP contribution in [0.25, 0.3) is 11.3 Å². The van der Waals surface area contributed by atoms with Crippen molar-refractivity contribution in [2.75, 3.05) is 10.6 Å². The van der Waals surface area contributed by atoms with E-state index in [4.69, 9.17) is 0 Å². The zero-order chi connectivity index (χ0) is 18.7. The Morgan fingerprint density at radius 1 is 1.12 bits per heavy atom. The van der Waals surface area contributed by atoms with Gasteiger partial charge in [0.15, 0.2) is 5.13 Å². The number of nitrogens with one attached hydrogen (secondary N) is 2. The van der Waals surface area contributed by atoms with E-state index in [9.17, 15) is 14.0 Å². The summed E-state index contributed by atoms with van der Waals surface area (Å²) in [5.41, 5.74) is 2.98. The molecule has 5 nitrogen and oxygen atoms in total. The van der Waals surface area contributed by atoms with Crippen molar-refractivity contribution in [3.63, 3.8) is 0 Å². The minimum atomic E-state index is -0.458. The van der Waals surface area contributed by atoms with E-state index in [2.05, 4.69) is 15.6 Å². The van der Waals surface area contributed by atoms with Crippen LogP contribution < -0.4 is 10.6 Å². The van der Waals surface area contributed by atoms with Crippen molar-refractivity contribution < 1.29 is 14.0 Å². The van der Waals surface area contributed by atoms with Gasteiger partial charge < -0.3 is 5.32 Å². The van der Waals surface area contributed by atoms with Crippen LogP contribution in [0.3, 0.4) is 0 Å². The molecule has 3 rings (SSSR count). The van der Waals surface area contributed by atoms with Crippen molar-refractivity contribution in [3.05, 3.63) is 64.8 Å². The molecule has 0 saturated heterocycles. The molecule has 7 heteroatoms. The van der Waals surface area contributed by atoms with Crippen LogP contribution in [0.2, 0.25) is 0 Å². The predicted octanol–water partition coefficient (Wildman–Crippen LogP) is 4.47. The van der Waals surface area contributed by atoms with Crippen LogP contribution in [0, 0.1) is 12.7 Å². The summed E-state index contributed by atoms with van der Waals surface area (Å²) in [4.78, 5) is 28.0. The smallest absolute Gasteiger partial charge is 0.257 e. The topological polar surface area (TPSA) is 71.1 Å². The van der Waals surface area contributed by atoms with Gasteiger partial charge in [0.05, 0.1) is 11.4 Å². The molecule has 2 aromatic carbocycles. The van der Waals surface area contributed by atoms with Gasteiger partial charge >= 0.3 is 0 Å². The molecule has 3 aromatic rings. The molecule has 0 aliphatic heterocycles. The van der Waals surface area contributed by atoms with E-state index in [-0.39, 0.29) is 11.8 Å². The van der Waals surface area contributed by atoms with Gasteiger partial charge in [-0.05, 0) is 37.3 Å². The number of nitrogens with zero attached hydrogens (tertiary/aromatic N) is 1. The summed E-state index contributed by atoms with van der Waals surface area (Å²) < 4.78 is 13.5. The lowest BCUT2D eigenvalue weighted by atomic mass is 10.1. The molecular formula is C19H16FN3O2S. The number of aromatic nitrogens is 1. The van der Waals surface area contributed by atoms with E-state index in [1.807, 2.05) is 19.1 Å². The number of halogens is 1. The minimum absolute atomic E-state index is 0.254. The fourth-order valence-corrected chi connectivity index (χ4v) is 3.15. The van der Waals surface area contributed by atoms with Crippen molar-refractivity contribution >= 4 is 34.0 Å². The molecule has 0 aliphatic carbocycles. The summed E-state index contributed by atoms with van der Waals surface area (Å²) in [6.45, 7) is 3.26. The highest BCUT2D eigenvalue weighted by molar-refractivity contribution is 7.14. The number of benzene rings is 2. The number of hydrogen-bond donors (Lipinski definition) is 2. The Balaban J connectivity index is 1.84. The van der Waals surface area contributed by atoms with E-state index in [0.717, 1.165) is 5.56 Å². The number of anilines is 2. The van der Waals surface area contributed by atoms with Gasteiger partial charge in [-0.3, -0.25) is 14.9 Å². The number of hydrogen-bond acceptors (Lipinski definition) is 4. The normalized spacial score (nSPS) is 10.4. The van der Waals surface area contributed by atoms with E-state index < -0.39 is 5.82 Å². The maximum atomic E-state index is 13.5. The maximum Gasteiger partial charge on any atom is 0.257 e. The third kappa shape index (κ3) is 4.12. The highest BCUT2D eigenvalue weighted by Gasteiger charge is 2.13. The van der Waals surface area contributed by atoms with E-state index in [1.165, 1.54) is 30.4 Å². The molecule has 132 valence electrons. The quantitative estimate of drug-likeness (QED) is 0.713. The third-order valence-electron chi connectivity index (χ3n) is 3.57. The van der Waals surface area contributed by atoms with Crippen LogP contribution in [0.4, 0.5) is 15.2 Å². The van der Waals surface area contributed by atoms with E-state index in [0.29, 0.717) is 27.6 Å². The second-order valence-electron chi connectivity index (χ2n) is 5.73. The molecule has 0 radical (unpaired) electrons. The summed E-state index contributed by atoms with van der Waals surface area (Å²) in [6.07, 6.45) is 0. The molecule has 0 atom stereocenters. The first-order valence-electron chi connectivity index (χ1n) is 7.83. The second-order valence-corrected chi connectivity index (χ2v) is 6.59. The van der Waals surface area contributed by atoms with Gasteiger partial charge in [-0.1, -0.05) is 17.7 Å². The van der Waals surface area contributed by atoms with E-state index >= 15 is 0 Å². The van der Waals surface area contributed by atoms with Gasteiger partial charge in [-0.2, -0.15) is 0 Å². The summed E-state index contributed by atoms with van der Waals surface area (Å²) in [5.74, 6) is -1.02. The Kier molecular flexibility index (Phi) is 5.09. The average Bonchev–Trinajstić information content (AvgIpc) is 3.02. The molecule has 0 aliphatic rings. The number of rotatable bonds is 4. The zero-order valence-corrected chi connectivity index (χ0v) is 15.0. The number of aryl methyl sites for hydroxylation is 1. The molecule has 0 fully saturated rings. The number of amides is 2. The Bertz CT molecular complexity index is 984. The molecule has 26 heavy (non-hydrogen) atoms. The lowest BCUT2D eigenvalue weighted by Gasteiger charge is -2.08. The van der Waals surface area contributed by atoms with Crippen LogP contribution in [0.1, 0.15) is 22.8 Å². The first-order chi connectivity index (χ1) is 12.4. The van der Waals surface area contributed by atoms with Crippen LogP contribution in [-0.2, 0) is 4.79 Å². The Hall–Kier alpha value is -3.06. The van der Waals surface area contributed by atoms with Gasteiger partial charge in [0.1, 0.15) is 5.82 Å². The monoisotopic (exact) mass is 369 g/mol. The van der Waals surface area contributed by atoms with Crippen molar-refractivity contribution in [1.82, 2.24) is 4.98 Å². The molecule has 0 spiro atoms. The first kappa shape index (κ1) is 17.8. The van der Waals surface area contributed by atoms with Crippen LogP contribution in [-0.4, -0.2) is 16.8 Å². The average molecular weight is 369 g/mol. The van der Waals surface area contributed by atoms with Gasteiger partial charge in [0.25, 0.3) is 5.91 Å². The Morgan fingerprint density at radius 3 is 2.65 bits per heavy atom. The van der Waals surface area contributed by atoms with Gasteiger partial charge in [0.2, 0.25) is 5.91 Å². The van der Waals surface area contributed by atoms with Crippen LogP contribution in [0.5, 0.6) is 0 Å². The Morgan fingerprint density at radius 2 is 1.92 bits per heavy atom. The standard InChI is InChI=1S/C19H16FN3O2S/c1-11-4-3-5-13(8-11)18(25)23-19-22-17(10-26-19)15-7-6-14(20)9-16(15)21-12(2)24/h3-10H,1-2H3,(H,21,24)(H,22,23,25). The Labute approximate surface area is 153 Å². The lowest BCUT2D eigenvalue weighted by molar-refractivity contribution is -0.114. The van der Waals surface area contributed by atoms with Crippen molar-refractivity contribution in [3.8, 4) is 11.3 Å². The van der Waals surface area contributed by atoms with Crippen LogP contribution >= 0.6 is 11.3 Å². The minimum Gasteiger partial charge on any atom is -0.326 e. The third-order valence-corrected chi connectivity index (χ3v) is 4.33. The largest absolute Gasteiger partial charge is 0.326 e. The number of carbonyl (C=O) groups excluding carboxylic acids is 2. The van der Waals surface area contributed by atoms with Crippen molar-refractivity contribution in [2.24, 2.45) is 0 Å². The molecule has 0 saturated carbocycles. The molecule has 2 N–H and O–H groups in total. The highest BCUT2D eigenvalue weighted by Crippen LogP contribution is 2.31. The van der Waals surface area contributed by atoms with Crippen LogP contribution in [0.15, 0.2) is 47.8 Å². The second kappa shape index (κ2) is 7.45. The summed E-state index contributed by atoms with van der Waals surface area (Å²) in [7, 11) is 0. The first-order valence-corrected chi connectivity index (χ1v) is 8.71. The van der Waals surface area contributed by atoms with Gasteiger partial charge in [-0.15, -0.1) is 11.3 Å². The molecule has 0 bridgehead atoms. The van der Waals surface area contributed by atoms with Crippen molar-refractivity contribution in [1.29, 1.82) is 0 Å². The van der Waals surface area contributed by atoms with Crippen molar-refractivity contribution in [2.45, 2.75) is 13.8 Å². The SMILES string of the molecule is CC(=O)Nc1cc(F)ccc1-c1csc(NC(=O)c2cccc(C)c2)n1. The van der Waals surface area contributed by atoms with Gasteiger partial charge in [-0.25, -0.2) is 9.37 Å². The number of carbonyl (C=O) groups is 2. The summed E-state index contributed by atoms with van der Waals surface area (Å²) in [6, 6.07) is 11.3. The number of thiazole rings is 1. The maximum absolute atomic E-state index is 13.5. The molecular weight excluding hydrogens is 353 g/mol. The summed E-state index contributed by atoms with van der Waals surface area (Å²) >= 11 is 1.25. The molecule has 1 heterocycles. The fourth-order valence-electron chi connectivity index (χ4n) is 2.44. The molecule has 0 unspecified atom stereocenters. The highest BCUT2D eigenvalue weighted by atomic mass is 32.1. The van der Waals surface area contributed by atoms with E-state index in [1.54, 1.807) is 23.6 Å². The lowest BCUT2D eigenvalue weighted by Crippen LogP contribution is -2.11. The van der Waals surface area contributed by atoms with Gasteiger partial charge in [0, 0.05) is 23.4 Å².